The zero-order chi connectivity index (χ0) is 17.6. The van der Waals surface area contributed by atoms with E-state index >= 15 is 0 Å². The summed E-state index contributed by atoms with van der Waals surface area (Å²) >= 11 is 9.82. The Labute approximate surface area is 162 Å². The van der Waals surface area contributed by atoms with Crippen LogP contribution in [0.15, 0.2) is 40.9 Å². The molecule has 1 saturated carbocycles. The van der Waals surface area contributed by atoms with Gasteiger partial charge in [-0.3, -0.25) is 0 Å². The van der Waals surface area contributed by atoms with Crippen LogP contribution >= 0.6 is 27.5 Å². The molecule has 2 aromatic carbocycles. The van der Waals surface area contributed by atoms with Crippen LogP contribution in [0.1, 0.15) is 36.8 Å². The average molecular weight is 425 g/mol. The van der Waals surface area contributed by atoms with Gasteiger partial charge in [-0.2, -0.15) is 0 Å². The van der Waals surface area contributed by atoms with Crippen LogP contribution in [-0.4, -0.2) is 13.2 Å². The van der Waals surface area contributed by atoms with E-state index < -0.39 is 0 Å². The Hall–Kier alpha value is -1.23. The molecule has 3 rings (SSSR count). The maximum atomic E-state index is 6.20. The molecule has 25 heavy (non-hydrogen) atoms. The van der Waals surface area contributed by atoms with Gasteiger partial charge in [-0.1, -0.05) is 42.6 Å². The van der Waals surface area contributed by atoms with E-state index in [1.165, 1.54) is 31.2 Å². The highest BCUT2D eigenvalue weighted by molar-refractivity contribution is 9.10. The van der Waals surface area contributed by atoms with Crippen LogP contribution in [0.25, 0.3) is 0 Å². The number of nitrogens with one attached hydrogen (secondary N) is 1. The lowest BCUT2D eigenvalue weighted by Gasteiger charge is -2.16. The van der Waals surface area contributed by atoms with E-state index in [-0.39, 0.29) is 0 Å². The van der Waals surface area contributed by atoms with Gasteiger partial charge >= 0.3 is 0 Å². The van der Waals surface area contributed by atoms with Crippen molar-refractivity contribution in [3.63, 3.8) is 0 Å². The predicted octanol–water partition coefficient (Wildman–Crippen LogP) is 5.72. The monoisotopic (exact) mass is 423 g/mol. The Kier molecular flexibility index (Phi) is 6.63. The fourth-order valence-corrected chi connectivity index (χ4v) is 3.97. The fourth-order valence-electron chi connectivity index (χ4n) is 3.17. The number of methoxy groups -OCH3 is 1. The summed E-state index contributed by atoms with van der Waals surface area (Å²) in [5.41, 5.74) is 2.13. The molecule has 0 radical (unpaired) electrons. The maximum absolute atomic E-state index is 6.20. The van der Waals surface area contributed by atoms with Crippen molar-refractivity contribution in [1.82, 2.24) is 5.32 Å². The third-order valence-electron chi connectivity index (χ3n) is 4.57. The first-order valence-electron chi connectivity index (χ1n) is 8.63. The first-order chi connectivity index (χ1) is 12.2. The minimum Gasteiger partial charge on any atom is -0.493 e. The molecule has 1 N–H and O–H groups in total. The minimum absolute atomic E-state index is 0.397. The van der Waals surface area contributed by atoms with Gasteiger partial charge in [-0.25, -0.2) is 0 Å². The highest BCUT2D eigenvalue weighted by Gasteiger charge is 2.16. The molecule has 0 saturated heterocycles. The van der Waals surface area contributed by atoms with Gasteiger partial charge in [0.05, 0.1) is 11.6 Å². The number of hydrogen-bond acceptors (Lipinski definition) is 3. The van der Waals surface area contributed by atoms with E-state index in [0.717, 1.165) is 22.3 Å². The van der Waals surface area contributed by atoms with Crippen molar-refractivity contribution >= 4 is 27.5 Å². The molecular formula is C20H23BrClNO2. The molecule has 0 spiro atoms. The average Bonchev–Trinajstić information content (AvgIpc) is 3.13. The number of benzene rings is 2. The van der Waals surface area contributed by atoms with Crippen molar-refractivity contribution in [2.24, 2.45) is 0 Å². The molecule has 0 aromatic heterocycles. The zero-order valence-corrected chi connectivity index (χ0v) is 16.7. The molecule has 1 aliphatic carbocycles. The third kappa shape index (κ3) is 4.90. The highest BCUT2D eigenvalue weighted by atomic mass is 79.9. The molecule has 3 nitrogen and oxygen atoms in total. The van der Waals surface area contributed by atoms with Crippen molar-refractivity contribution in [1.29, 1.82) is 0 Å². The summed E-state index contributed by atoms with van der Waals surface area (Å²) < 4.78 is 12.4. The first-order valence-corrected chi connectivity index (χ1v) is 9.80. The van der Waals surface area contributed by atoms with Gasteiger partial charge in [0.15, 0.2) is 11.5 Å². The molecule has 1 aliphatic rings. The van der Waals surface area contributed by atoms with Crippen LogP contribution in [0.2, 0.25) is 5.02 Å². The number of hydrogen-bond donors (Lipinski definition) is 1. The van der Waals surface area contributed by atoms with E-state index in [4.69, 9.17) is 21.1 Å². The quantitative estimate of drug-likeness (QED) is 0.616. The molecule has 0 atom stereocenters. The second kappa shape index (κ2) is 8.93. The smallest absolute Gasteiger partial charge is 0.175 e. The largest absolute Gasteiger partial charge is 0.493 e. The van der Waals surface area contributed by atoms with Gasteiger partial charge in [-0.05, 0) is 52.5 Å². The summed E-state index contributed by atoms with van der Waals surface area (Å²) in [4.78, 5) is 0. The summed E-state index contributed by atoms with van der Waals surface area (Å²) in [6.07, 6.45) is 5.22. The topological polar surface area (TPSA) is 30.5 Å². The van der Waals surface area contributed by atoms with E-state index in [9.17, 15) is 0 Å². The molecule has 5 heteroatoms. The second-order valence-electron chi connectivity index (χ2n) is 6.35. The molecule has 134 valence electrons. The molecule has 0 aliphatic heterocycles. The Balaban J connectivity index is 1.69. The van der Waals surface area contributed by atoms with Crippen LogP contribution in [0.5, 0.6) is 11.5 Å². The summed E-state index contributed by atoms with van der Waals surface area (Å²) in [6, 6.07) is 12.5. The molecule has 0 bridgehead atoms. The predicted molar refractivity (Wildman–Crippen MR) is 106 cm³/mol. The highest BCUT2D eigenvalue weighted by Crippen LogP contribution is 2.37. The van der Waals surface area contributed by atoms with Gasteiger partial charge in [0.25, 0.3) is 0 Å². The van der Waals surface area contributed by atoms with E-state index in [1.54, 1.807) is 7.11 Å². The lowest BCUT2D eigenvalue weighted by Crippen LogP contribution is -2.25. The normalized spacial score (nSPS) is 14.7. The third-order valence-corrected chi connectivity index (χ3v) is 5.53. The SMILES string of the molecule is COc1cc(CNC2CCCC2)cc(Br)c1OCc1ccccc1Cl. The standard InChI is InChI=1S/C20H23BrClNO2/c1-24-19-11-14(12-23-16-7-3-4-8-16)10-17(21)20(19)25-13-15-6-2-5-9-18(15)22/h2,5-6,9-11,16,23H,3-4,7-8,12-13H2,1H3. The van der Waals surface area contributed by atoms with Crippen molar-refractivity contribution in [2.45, 2.75) is 44.9 Å². The van der Waals surface area contributed by atoms with Crippen molar-refractivity contribution < 1.29 is 9.47 Å². The summed E-state index contributed by atoms with van der Waals surface area (Å²) in [7, 11) is 1.66. The number of rotatable bonds is 7. The molecule has 0 heterocycles. The number of halogens is 2. The van der Waals surface area contributed by atoms with E-state index in [1.807, 2.05) is 30.3 Å². The Morgan fingerprint density at radius 3 is 2.68 bits per heavy atom. The fraction of sp³-hybridized carbons (Fsp3) is 0.400. The zero-order valence-electron chi connectivity index (χ0n) is 14.4. The molecule has 1 fully saturated rings. The van der Waals surface area contributed by atoms with Gasteiger partial charge in [-0.15, -0.1) is 0 Å². The van der Waals surface area contributed by atoms with E-state index in [2.05, 4.69) is 27.3 Å². The van der Waals surface area contributed by atoms with Gasteiger partial charge in [0, 0.05) is 23.2 Å². The van der Waals surface area contributed by atoms with Crippen LogP contribution in [0.3, 0.4) is 0 Å². The number of ether oxygens (including phenoxy) is 2. The van der Waals surface area contributed by atoms with Crippen molar-refractivity contribution in [2.75, 3.05) is 7.11 Å². The van der Waals surface area contributed by atoms with Crippen molar-refractivity contribution in [3.05, 3.63) is 57.0 Å². The molecule has 0 amide bonds. The Morgan fingerprint density at radius 1 is 1.20 bits per heavy atom. The molecule has 2 aromatic rings. The molecular weight excluding hydrogens is 402 g/mol. The molecule has 0 unspecified atom stereocenters. The lowest BCUT2D eigenvalue weighted by molar-refractivity contribution is 0.282. The van der Waals surface area contributed by atoms with Gasteiger partial charge in [0.1, 0.15) is 6.61 Å². The van der Waals surface area contributed by atoms with Crippen LogP contribution in [0.4, 0.5) is 0 Å². The van der Waals surface area contributed by atoms with Crippen LogP contribution in [0, 0.1) is 0 Å². The van der Waals surface area contributed by atoms with E-state index in [0.29, 0.717) is 23.4 Å². The Morgan fingerprint density at radius 2 is 1.96 bits per heavy atom. The Bertz CT molecular complexity index is 717. The van der Waals surface area contributed by atoms with Gasteiger partial charge < -0.3 is 14.8 Å². The lowest BCUT2D eigenvalue weighted by atomic mass is 10.1. The second-order valence-corrected chi connectivity index (χ2v) is 7.61. The summed E-state index contributed by atoms with van der Waals surface area (Å²) in [5, 5.41) is 4.33. The minimum atomic E-state index is 0.397. The first kappa shape index (κ1) is 18.6. The summed E-state index contributed by atoms with van der Waals surface area (Å²) in [6.45, 7) is 1.23. The maximum Gasteiger partial charge on any atom is 0.175 e. The van der Waals surface area contributed by atoms with Crippen molar-refractivity contribution in [3.8, 4) is 11.5 Å². The summed E-state index contributed by atoms with van der Waals surface area (Å²) in [5.74, 6) is 1.43. The van der Waals surface area contributed by atoms with Gasteiger partial charge in [0.2, 0.25) is 0 Å². The van der Waals surface area contributed by atoms with Crippen LogP contribution in [-0.2, 0) is 13.2 Å². The van der Waals surface area contributed by atoms with Crippen LogP contribution < -0.4 is 14.8 Å².